The van der Waals surface area contributed by atoms with Crippen LogP contribution in [0.1, 0.15) is 37.1 Å². The molecule has 2 N–H and O–H groups in total. The molecule has 8 heteroatoms. The molecule has 0 bridgehead atoms. The number of hydrogen-bond donors (Lipinski definition) is 2. The van der Waals surface area contributed by atoms with E-state index in [1.165, 1.54) is 4.52 Å². The first-order valence-corrected chi connectivity index (χ1v) is 9.13. The molecule has 1 aliphatic rings. The molecule has 0 radical (unpaired) electrons. The van der Waals surface area contributed by atoms with Crippen LogP contribution >= 0.6 is 0 Å². The van der Waals surface area contributed by atoms with E-state index in [1.807, 2.05) is 32.0 Å². The average molecular weight is 369 g/mol. The van der Waals surface area contributed by atoms with Crippen LogP contribution in [0.4, 0.5) is 5.95 Å². The maximum atomic E-state index is 12.5. The molecule has 0 fully saturated rings. The van der Waals surface area contributed by atoms with E-state index in [4.69, 9.17) is 9.47 Å². The van der Waals surface area contributed by atoms with E-state index < -0.39 is 0 Å². The molecular formula is C19H23N5O3. The Morgan fingerprint density at radius 2 is 2.11 bits per heavy atom. The summed E-state index contributed by atoms with van der Waals surface area (Å²) in [6.07, 6.45) is 2.69. The number of aromatic amines is 1. The van der Waals surface area contributed by atoms with E-state index in [0.29, 0.717) is 29.8 Å². The Bertz CT molecular complexity index is 1040. The van der Waals surface area contributed by atoms with Crippen LogP contribution in [0.5, 0.6) is 11.5 Å². The van der Waals surface area contributed by atoms with Crippen LogP contribution in [-0.4, -0.2) is 32.8 Å². The Labute approximate surface area is 156 Å². The summed E-state index contributed by atoms with van der Waals surface area (Å²) in [5.74, 6) is 2.30. The topological polar surface area (TPSA) is 93.5 Å². The molecule has 3 aromatic rings. The summed E-state index contributed by atoms with van der Waals surface area (Å²) in [5, 5.41) is 6.19. The van der Waals surface area contributed by atoms with Crippen molar-refractivity contribution in [2.24, 2.45) is 0 Å². The van der Waals surface area contributed by atoms with Crippen LogP contribution in [0.2, 0.25) is 0 Å². The number of anilines is 1. The highest BCUT2D eigenvalue weighted by Crippen LogP contribution is 2.29. The molecule has 27 heavy (non-hydrogen) atoms. The van der Waals surface area contributed by atoms with Gasteiger partial charge in [-0.1, -0.05) is 6.07 Å². The highest BCUT2D eigenvalue weighted by molar-refractivity contribution is 5.45. The second-order valence-corrected chi connectivity index (χ2v) is 6.91. The zero-order chi connectivity index (χ0) is 19.0. The fourth-order valence-corrected chi connectivity index (χ4v) is 3.32. The van der Waals surface area contributed by atoms with Crippen molar-refractivity contribution in [3.8, 4) is 11.5 Å². The molecule has 0 unspecified atom stereocenters. The largest absolute Gasteiger partial charge is 0.493 e. The molecule has 1 aromatic carbocycles. The van der Waals surface area contributed by atoms with Gasteiger partial charge in [0.15, 0.2) is 11.5 Å². The Hall–Kier alpha value is -3.03. The molecule has 0 saturated carbocycles. The van der Waals surface area contributed by atoms with E-state index in [9.17, 15) is 4.79 Å². The zero-order valence-corrected chi connectivity index (χ0v) is 15.7. The molecule has 1 aliphatic carbocycles. The lowest BCUT2D eigenvalue weighted by Crippen LogP contribution is -2.20. The van der Waals surface area contributed by atoms with E-state index >= 15 is 0 Å². The third-order valence-electron chi connectivity index (χ3n) is 4.57. The van der Waals surface area contributed by atoms with Crippen molar-refractivity contribution in [3.63, 3.8) is 0 Å². The van der Waals surface area contributed by atoms with Crippen molar-refractivity contribution >= 4 is 11.7 Å². The summed E-state index contributed by atoms with van der Waals surface area (Å²) in [7, 11) is 1.62. The van der Waals surface area contributed by atoms with E-state index in [0.717, 1.165) is 36.1 Å². The molecule has 8 nitrogen and oxygen atoms in total. The number of aromatic nitrogens is 4. The van der Waals surface area contributed by atoms with Gasteiger partial charge in [0.2, 0.25) is 5.95 Å². The molecule has 0 spiro atoms. The third-order valence-corrected chi connectivity index (χ3v) is 4.57. The molecule has 4 rings (SSSR count). The zero-order valence-electron chi connectivity index (χ0n) is 15.7. The summed E-state index contributed by atoms with van der Waals surface area (Å²) in [4.78, 5) is 21.4. The van der Waals surface area contributed by atoms with Gasteiger partial charge in [0.1, 0.15) is 0 Å². The van der Waals surface area contributed by atoms with Gasteiger partial charge >= 0.3 is 0 Å². The smallest absolute Gasteiger partial charge is 0.277 e. The lowest BCUT2D eigenvalue weighted by Gasteiger charge is -2.14. The molecule has 0 atom stereocenters. The number of hydrogen-bond acceptors (Lipinski definition) is 6. The fourth-order valence-electron chi connectivity index (χ4n) is 3.32. The molecule has 142 valence electrons. The molecule has 0 amide bonds. The van der Waals surface area contributed by atoms with Gasteiger partial charge in [-0.2, -0.15) is 9.50 Å². The average Bonchev–Trinajstić information content (AvgIpc) is 3.27. The normalized spacial score (nSPS) is 13.2. The highest BCUT2D eigenvalue weighted by atomic mass is 16.5. The van der Waals surface area contributed by atoms with Crippen LogP contribution in [0, 0.1) is 0 Å². The van der Waals surface area contributed by atoms with Crippen LogP contribution in [0.15, 0.2) is 23.0 Å². The summed E-state index contributed by atoms with van der Waals surface area (Å²) in [6, 6.07) is 5.78. The standard InChI is InChI=1S/C19H23N5O3/c1-11(2)27-15-8-7-12(9-16(15)26-3)10-20-18-22-19-21-14-6-4-5-13(14)17(25)24(19)23-18/h7-9,11H,4-6,10H2,1-3H3,(H2,20,21,22,23). The fraction of sp³-hybridized carbons (Fsp3) is 0.421. The monoisotopic (exact) mass is 369 g/mol. The number of nitrogens with one attached hydrogen (secondary N) is 2. The number of nitrogens with zero attached hydrogens (tertiary/aromatic N) is 3. The van der Waals surface area contributed by atoms with Gasteiger partial charge in [0.05, 0.1) is 18.9 Å². The number of benzene rings is 1. The Kier molecular flexibility index (Phi) is 4.47. The number of H-pyrrole nitrogens is 1. The van der Waals surface area contributed by atoms with E-state index in [1.54, 1.807) is 7.11 Å². The molecule has 2 heterocycles. The quantitative estimate of drug-likeness (QED) is 0.693. The minimum Gasteiger partial charge on any atom is -0.493 e. The van der Waals surface area contributed by atoms with Gasteiger partial charge < -0.3 is 14.8 Å². The van der Waals surface area contributed by atoms with Crippen LogP contribution in [-0.2, 0) is 19.4 Å². The van der Waals surface area contributed by atoms with Gasteiger partial charge in [-0.25, -0.2) is 4.98 Å². The Morgan fingerprint density at radius 3 is 2.89 bits per heavy atom. The predicted octanol–water partition coefficient (Wildman–Crippen LogP) is 2.31. The van der Waals surface area contributed by atoms with Crippen molar-refractivity contribution in [1.82, 2.24) is 19.6 Å². The Balaban J connectivity index is 1.53. The van der Waals surface area contributed by atoms with Crippen molar-refractivity contribution in [2.45, 2.75) is 45.8 Å². The number of fused-ring (bicyclic) bond motifs is 2. The summed E-state index contributed by atoms with van der Waals surface area (Å²) < 4.78 is 12.6. The first-order chi connectivity index (χ1) is 13.0. The highest BCUT2D eigenvalue weighted by Gasteiger charge is 2.19. The SMILES string of the molecule is COc1cc(CNc2nc3nc4c(c(=O)n3[nH]2)CCC4)ccc1OC(C)C. The number of ether oxygens (including phenoxy) is 2. The maximum absolute atomic E-state index is 12.5. The number of aryl methyl sites for hydroxylation is 1. The summed E-state index contributed by atoms with van der Waals surface area (Å²) in [6.45, 7) is 4.47. The van der Waals surface area contributed by atoms with Gasteiger partial charge in [-0.05, 0) is 50.8 Å². The summed E-state index contributed by atoms with van der Waals surface area (Å²) >= 11 is 0. The minimum atomic E-state index is -0.0510. The van der Waals surface area contributed by atoms with Gasteiger partial charge in [-0.15, -0.1) is 0 Å². The molecule has 2 aromatic heterocycles. The first kappa shape index (κ1) is 17.4. The van der Waals surface area contributed by atoms with E-state index in [-0.39, 0.29) is 11.7 Å². The van der Waals surface area contributed by atoms with Crippen LogP contribution in [0.25, 0.3) is 5.78 Å². The van der Waals surface area contributed by atoms with Crippen LogP contribution in [0.3, 0.4) is 0 Å². The lowest BCUT2D eigenvalue weighted by molar-refractivity contribution is 0.230. The molecular weight excluding hydrogens is 346 g/mol. The second-order valence-electron chi connectivity index (χ2n) is 6.91. The van der Waals surface area contributed by atoms with Crippen LogP contribution < -0.4 is 20.3 Å². The predicted molar refractivity (Wildman–Crippen MR) is 102 cm³/mol. The number of methoxy groups -OCH3 is 1. The first-order valence-electron chi connectivity index (χ1n) is 9.13. The van der Waals surface area contributed by atoms with Gasteiger partial charge in [-0.3, -0.25) is 9.89 Å². The van der Waals surface area contributed by atoms with Gasteiger partial charge in [0, 0.05) is 12.1 Å². The van der Waals surface area contributed by atoms with Crippen molar-refractivity contribution in [3.05, 3.63) is 45.4 Å². The second kappa shape index (κ2) is 6.94. The molecule has 0 saturated heterocycles. The van der Waals surface area contributed by atoms with Crippen molar-refractivity contribution < 1.29 is 9.47 Å². The summed E-state index contributed by atoms with van der Waals surface area (Å²) in [5.41, 5.74) is 2.63. The Morgan fingerprint density at radius 1 is 1.26 bits per heavy atom. The maximum Gasteiger partial charge on any atom is 0.277 e. The minimum absolute atomic E-state index is 0.0510. The van der Waals surface area contributed by atoms with Gasteiger partial charge in [0.25, 0.3) is 11.3 Å². The van der Waals surface area contributed by atoms with Crippen molar-refractivity contribution in [2.75, 3.05) is 12.4 Å². The van der Waals surface area contributed by atoms with Crippen molar-refractivity contribution in [1.29, 1.82) is 0 Å². The van der Waals surface area contributed by atoms with E-state index in [2.05, 4.69) is 20.4 Å². The number of rotatable bonds is 6. The molecule has 0 aliphatic heterocycles. The third kappa shape index (κ3) is 3.34. The lowest BCUT2D eigenvalue weighted by atomic mass is 10.2.